The van der Waals surface area contributed by atoms with Crippen LogP contribution < -0.4 is 22.1 Å². The molecule has 2 amide bonds. The molecule has 1 unspecified atom stereocenters. The predicted molar refractivity (Wildman–Crippen MR) is 204 cm³/mol. The van der Waals surface area contributed by atoms with Gasteiger partial charge in [0.1, 0.15) is 0 Å². The second-order valence-corrected chi connectivity index (χ2v) is 16.3. The lowest BCUT2D eigenvalue weighted by molar-refractivity contribution is 0.101. The Balaban J connectivity index is 1.07. The summed E-state index contributed by atoms with van der Waals surface area (Å²) in [6, 6.07) is 20.9. The molecule has 274 valence electrons. The second kappa shape index (κ2) is 15.1. The smallest absolute Gasteiger partial charge is 0.278 e. The number of benzene rings is 3. The van der Waals surface area contributed by atoms with Crippen molar-refractivity contribution < 1.29 is 22.2 Å². The molecule has 0 bridgehead atoms. The molecule has 6 rings (SSSR count). The van der Waals surface area contributed by atoms with Gasteiger partial charge in [0.05, 0.1) is 51.6 Å². The second-order valence-electron chi connectivity index (χ2n) is 12.1. The van der Waals surface area contributed by atoms with Crippen molar-refractivity contribution >= 4 is 54.4 Å². The molecule has 0 fully saturated rings. The normalized spacial score (nSPS) is 12.4. The van der Waals surface area contributed by atoms with Crippen LogP contribution in [0.4, 0.5) is 23.0 Å². The summed E-state index contributed by atoms with van der Waals surface area (Å²) in [6.45, 7) is 1.97. The highest BCUT2D eigenvalue weighted by atomic mass is 32.2. The Bertz CT molecular complexity index is 2590. The van der Waals surface area contributed by atoms with Crippen molar-refractivity contribution in [3.05, 3.63) is 120 Å². The summed E-state index contributed by atoms with van der Waals surface area (Å²) >= 11 is 0. The third kappa shape index (κ3) is 8.68. The van der Waals surface area contributed by atoms with E-state index in [1.807, 2.05) is 31.2 Å². The zero-order chi connectivity index (χ0) is 38.6. The number of rotatable bonds is 11. The van der Waals surface area contributed by atoms with Gasteiger partial charge in [0.2, 0.25) is 15.0 Å². The number of aromatic nitrogens is 6. The molecule has 3 aromatic carbocycles. The molecule has 7 N–H and O–H groups in total. The summed E-state index contributed by atoms with van der Waals surface area (Å²) in [5, 5.41) is 4.88. The van der Waals surface area contributed by atoms with Gasteiger partial charge in [-0.3, -0.25) is 9.59 Å². The molecule has 0 saturated heterocycles. The van der Waals surface area contributed by atoms with Gasteiger partial charge in [-0.2, -0.15) is 0 Å². The molecule has 18 heteroatoms. The number of nitrogen functional groups attached to an aromatic ring is 2. The summed E-state index contributed by atoms with van der Waals surface area (Å²) in [7, 11) is -6.80. The minimum absolute atomic E-state index is 0.0233. The largest absolute Gasteiger partial charge is 0.382 e. The molecule has 54 heavy (non-hydrogen) atoms. The standard InChI is InChI=1S/C36H33N11O5S2/c1-21-3-7-23(8-4-21)28-19-40-32(37)30(46-28)34(48)44-25-11-13-27(14-12-25)54(39,52)16-15-22-5-9-24(10-6-22)29-20-41-33(38)31(47-29)35(49)45-26-17-42-36(43-18-26)53(2,50)51/h3-14,17-20,39H,15-16H2,1-2H3,(H2,37,40)(H2,38,41)(H,44,48)(H,45,49). The maximum atomic E-state index is 13.4. The first kappa shape index (κ1) is 37.1. The molecule has 0 aliphatic heterocycles. The number of hydrogen-bond donors (Lipinski definition) is 5. The van der Waals surface area contributed by atoms with Crippen molar-refractivity contribution in [3.8, 4) is 22.5 Å². The molecule has 0 saturated carbocycles. The highest BCUT2D eigenvalue weighted by Gasteiger charge is 2.19. The first-order chi connectivity index (χ1) is 25.7. The fourth-order valence-corrected chi connectivity index (χ4v) is 6.89. The number of amides is 2. The summed E-state index contributed by atoms with van der Waals surface area (Å²) in [6.07, 6.45) is 6.52. The van der Waals surface area contributed by atoms with Gasteiger partial charge in [-0.15, -0.1) is 0 Å². The first-order valence-electron chi connectivity index (χ1n) is 16.1. The maximum Gasteiger partial charge on any atom is 0.278 e. The topological polar surface area (TPSA) is 263 Å². The zero-order valence-electron chi connectivity index (χ0n) is 28.8. The Hall–Kier alpha value is -6.66. The lowest BCUT2D eigenvalue weighted by Gasteiger charge is -2.11. The van der Waals surface area contributed by atoms with E-state index in [1.54, 1.807) is 36.4 Å². The highest BCUT2D eigenvalue weighted by molar-refractivity contribution is 7.92. The zero-order valence-corrected chi connectivity index (χ0v) is 30.5. The lowest BCUT2D eigenvalue weighted by atomic mass is 10.1. The Labute approximate surface area is 310 Å². The Morgan fingerprint density at radius 1 is 0.667 bits per heavy atom. The number of carbonyl (C=O) groups is 2. The van der Waals surface area contributed by atoms with E-state index >= 15 is 0 Å². The number of anilines is 4. The fourth-order valence-electron chi connectivity index (χ4n) is 5.07. The average Bonchev–Trinajstić information content (AvgIpc) is 3.15. The number of nitrogens with zero attached hydrogens (tertiary/aromatic N) is 6. The first-order valence-corrected chi connectivity index (χ1v) is 19.7. The summed E-state index contributed by atoms with van der Waals surface area (Å²) in [4.78, 5) is 50.8. The van der Waals surface area contributed by atoms with E-state index in [4.69, 9.17) is 16.2 Å². The quantitative estimate of drug-likeness (QED) is 0.115. The molecule has 0 aliphatic carbocycles. The van der Waals surface area contributed by atoms with Crippen molar-refractivity contribution in [2.24, 2.45) is 0 Å². The Kier molecular flexibility index (Phi) is 10.4. The molecule has 16 nitrogen and oxygen atoms in total. The van der Waals surface area contributed by atoms with E-state index in [2.05, 4.69) is 40.5 Å². The van der Waals surface area contributed by atoms with Crippen molar-refractivity contribution in [2.45, 2.75) is 23.4 Å². The fraction of sp³-hybridized carbons (Fsp3) is 0.111. The third-order valence-corrected chi connectivity index (χ3v) is 10.7. The number of hydrogen-bond acceptors (Lipinski definition) is 14. The van der Waals surface area contributed by atoms with Crippen molar-refractivity contribution in [2.75, 3.05) is 34.1 Å². The summed E-state index contributed by atoms with van der Waals surface area (Å²) in [5.74, 6) is -1.36. The van der Waals surface area contributed by atoms with Crippen molar-refractivity contribution in [3.63, 3.8) is 0 Å². The molecule has 0 spiro atoms. The Morgan fingerprint density at radius 3 is 1.65 bits per heavy atom. The van der Waals surface area contributed by atoms with Gasteiger partial charge in [-0.1, -0.05) is 54.1 Å². The van der Waals surface area contributed by atoms with Gasteiger partial charge >= 0.3 is 0 Å². The molecule has 0 radical (unpaired) electrons. The van der Waals surface area contributed by atoms with Gasteiger partial charge in [-0.25, -0.2) is 47.3 Å². The van der Waals surface area contributed by atoms with Crippen LogP contribution in [0, 0.1) is 11.7 Å². The Morgan fingerprint density at radius 2 is 1.15 bits per heavy atom. The molecule has 1 atom stereocenters. The number of carbonyl (C=O) groups excluding carboxylic acids is 2. The number of aryl methyl sites for hydroxylation is 2. The predicted octanol–water partition coefficient (Wildman–Crippen LogP) is 4.42. The van der Waals surface area contributed by atoms with Gasteiger partial charge in [-0.05, 0) is 43.2 Å². The van der Waals surface area contributed by atoms with Crippen molar-refractivity contribution in [1.29, 1.82) is 4.78 Å². The molecule has 3 heterocycles. The van der Waals surface area contributed by atoms with E-state index < -0.39 is 31.4 Å². The van der Waals surface area contributed by atoms with E-state index in [0.717, 1.165) is 35.3 Å². The van der Waals surface area contributed by atoms with Crippen LogP contribution in [0.15, 0.2) is 108 Å². The number of sulfone groups is 1. The highest BCUT2D eigenvalue weighted by Crippen LogP contribution is 2.23. The van der Waals surface area contributed by atoms with Gasteiger partial charge in [0.25, 0.3) is 11.8 Å². The minimum Gasteiger partial charge on any atom is -0.382 e. The molecule has 3 aromatic heterocycles. The van der Waals surface area contributed by atoms with Gasteiger partial charge in [0.15, 0.2) is 23.0 Å². The monoisotopic (exact) mass is 763 g/mol. The van der Waals surface area contributed by atoms with Crippen LogP contribution >= 0.6 is 0 Å². The summed E-state index contributed by atoms with van der Waals surface area (Å²) in [5.41, 5.74) is 16.4. The summed E-state index contributed by atoms with van der Waals surface area (Å²) < 4.78 is 45.2. The van der Waals surface area contributed by atoms with E-state index in [9.17, 15) is 22.2 Å². The van der Waals surface area contributed by atoms with Crippen LogP contribution in [0.2, 0.25) is 0 Å². The lowest BCUT2D eigenvalue weighted by Crippen LogP contribution is -2.18. The van der Waals surface area contributed by atoms with Crippen LogP contribution in [-0.4, -0.2) is 66.4 Å². The minimum atomic E-state index is -3.61. The van der Waals surface area contributed by atoms with Crippen molar-refractivity contribution in [1.82, 2.24) is 29.9 Å². The number of nitrogens with two attached hydrogens (primary N) is 2. The molecule has 0 aliphatic rings. The van der Waals surface area contributed by atoms with Crippen LogP contribution in [0.1, 0.15) is 32.1 Å². The molecule has 6 aromatic rings. The van der Waals surface area contributed by atoms with Crippen LogP contribution in [-0.2, 0) is 26.0 Å². The SMILES string of the molecule is Cc1ccc(-c2cnc(N)c(C(=O)Nc3ccc(S(=N)(=O)CCc4ccc(-c5cnc(N)c(C(=O)Nc6cnc(S(C)(=O)=O)nc6)n5)cc4)cc3)n2)cc1. The van der Waals surface area contributed by atoms with E-state index in [1.165, 1.54) is 24.5 Å². The van der Waals surface area contributed by atoms with Crippen LogP contribution in [0.25, 0.3) is 22.5 Å². The van der Waals surface area contributed by atoms with Gasteiger partial charge < -0.3 is 22.1 Å². The molecular formula is C36H33N11O5S2. The maximum absolute atomic E-state index is 13.4. The molecular weight excluding hydrogens is 731 g/mol. The van der Waals surface area contributed by atoms with Crippen LogP contribution in [0.5, 0.6) is 0 Å². The van der Waals surface area contributed by atoms with Crippen LogP contribution in [0.3, 0.4) is 0 Å². The van der Waals surface area contributed by atoms with E-state index in [-0.39, 0.29) is 39.6 Å². The third-order valence-electron chi connectivity index (χ3n) is 8.02. The van der Waals surface area contributed by atoms with Gasteiger partial charge in [0, 0.05) is 33.7 Å². The number of nitrogens with one attached hydrogen (secondary N) is 3. The average molecular weight is 764 g/mol. The van der Waals surface area contributed by atoms with E-state index in [0.29, 0.717) is 34.0 Å².